The highest BCUT2D eigenvalue weighted by Crippen LogP contribution is 2.10. The maximum atomic E-state index is 6.08. The van der Waals surface area contributed by atoms with Gasteiger partial charge in [0.15, 0.2) is 0 Å². The minimum absolute atomic E-state index is 0.301. The average molecular weight is 194 g/mol. The molecule has 1 aromatic heterocycles. The van der Waals surface area contributed by atoms with Crippen LogP contribution in [0.1, 0.15) is 32.9 Å². The van der Waals surface area contributed by atoms with Gasteiger partial charge in [0.2, 0.25) is 0 Å². The Labute approximate surface area is 87.1 Å². The molecule has 1 heterocycles. The van der Waals surface area contributed by atoms with Gasteiger partial charge in [-0.2, -0.15) is 0 Å². The van der Waals surface area contributed by atoms with E-state index >= 15 is 0 Å². The number of aromatic nitrogens is 1. The van der Waals surface area contributed by atoms with Crippen LogP contribution in [0.4, 0.5) is 0 Å². The molecule has 0 fully saturated rings. The molecule has 0 amide bonds. The second kappa shape index (κ2) is 5.20. The third-order valence-corrected chi connectivity index (χ3v) is 2.51. The van der Waals surface area contributed by atoms with Gasteiger partial charge in [0.1, 0.15) is 0 Å². The van der Waals surface area contributed by atoms with E-state index in [2.05, 4.69) is 43.7 Å². The predicted octanol–water partition coefficient (Wildman–Crippen LogP) is 2.42. The van der Waals surface area contributed by atoms with Crippen LogP contribution in [0.3, 0.4) is 0 Å². The van der Waals surface area contributed by atoms with E-state index in [1.54, 1.807) is 0 Å². The molecule has 0 saturated carbocycles. The summed E-state index contributed by atoms with van der Waals surface area (Å²) in [7, 11) is 0. The van der Waals surface area contributed by atoms with Gasteiger partial charge < -0.3 is 10.3 Å². The van der Waals surface area contributed by atoms with E-state index in [4.69, 9.17) is 5.73 Å². The summed E-state index contributed by atoms with van der Waals surface area (Å²) in [6, 6.07) is 4.57. The minimum Gasteiger partial charge on any atom is -0.352 e. The Bertz CT molecular complexity index is 263. The number of rotatable bonds is 5. The standard InChI is InChI=1S/C12H22N2/c1-4-14-7-5-6-12(14)9-11(13)8-10(2)3/h5-7,10-11H,4,8-9,13H2,1-3H3. The molecule has 2 heteroatoms. The molecule has 2 nitrogen and oxygen atoms in total. The monoisotopic (exact) mass is 194 g/mol. The van der Waals surface area contributed by atoms with E-state index in [0.29, 0.717) is 12.0 Å². The molecular formula is C12H22N2. The van der Waals surface area contributed by atoms with Gasteiger partial charge in [-0.15, -0.1) is 0 Å². The topological polar surface area (TPSA) is 30.9 Å². The fraction of sp³-hybridized carbons (Fsp3) is 0.667. The molecule has 0 aromatic carbocycles. The van der Waals surface area contributed by atoms with Crippen molar-refractivity contribution in [2.24, 2.45) is 11.7 Å². The van der Waals surface area contributed by atoms with Crippen LogP contribution in [0, 0.1) is 5.92 Å². The lowest BCUT2D eigenvalue weighted by Crippen LogP contribution is -2.25. The summed E-state index contributed by atoms with van der Waals surface area (Å²) in [5, 5.41) is 0. The first-order chi connectivity index (χ1) is 6.63. The minimum atomic E-state index is 0.301. The molecule has 0 aliphatic heterocycles. The largest absolute Gasteiger partial charge is 0.352 e. The molecule has 0 radical (unpaired) electrons. The zero-order valence-corrected chi connectivity index (χ0v) is 9.53. The van der Waals surface area contributed by atoms with Crippen molar-refractivity contribution in [3.05, 3.63) is 24.0 Å². The Balaban J connectivity index is 2.51. The molecule has 80 valence electrons. The van der Waals surface area contributed by atoms with Crippen LogP contribution in [0.5, 0.6) is 0 Å². The van der Waals surface area contributed by atoms with Crippen molar-refractivity contribution < 1.29 is 0 Å². The van der Waals surface area contributed by atoms with Crippen molar-refractivity contribution >= 4 is 0 Å². The summed E-state index contributed by atoms with van der Waals surface area (Å²) in [4.78, 5) is 0. The Kier molecular flexibility index (Phi) is 4.21. The first kappa shape index (κ1) is 11.3. The van der Waals surface area contributed by atoms with E-state index in [-0.39, 0.29) is 0 Å². The Morgan fingerprint density at radius 2 is 2.14 bits per heavy atom. The van der Waals surface area contributed by atoms with Crippen molar-refractivity contribution in [2.45, 2.75) is 46.2 Å². The summed E-state index contributed by atoms with van der Waals surface area (Å²) in [5.74, 6) is 0.690. The third-order valence-electron chi connectivity index (χ3n) is 2.51. The van der Waals surface area contributed by atoms with Crippen LogP contribution < -0.4 is 5.73 Å². The van der Waals surface area contributed by atoms with E-state index in [1.807, 2.05) is 0 Å². The molecule has 0 bridgehead atoms. The first-order valence-electron chi connectivity index (χ1n) is 5.53. The van der Waals surface area contributed by atoms with E-state index in [9.17, 15) is 0 Å². The molecule has 1 rings (SSSR count). The van der Waals surface area contributed by atoms with Gasteiger partial charge in [-0.25, -0.2) is 0 Å². The maximum absolute atomic E-state index is 6.08. The van der Waals surface area contributed by atoms with Crippen LogP contribution in [0.25, 0.3) is 0 Å². The number of hydrogen-bond donors (Lipinski definition) is 1. The van der Waals surface area contributed by atoms with Crippen LogP contribution in [-0.4, -0.2) is 10.6 Å². The lowest BCUT2D eigenvalue weighted by molar-refractivity contribution is 0.484. The second-order valence-corrected chi connectivity index (χ2v) is 4.38. The van der Waals surface area contributed by atoms with Gasteiger partial charge >= 0.3 is 0 Å². The van der Waals surface area contributed by atoms with Crippen LogP contribution >= 0.6 is 0 Å². The van der Waals surface area contributed by atoms with Gasteiger partial charge in [-0.1, -0.05) is 13.8 Å². The molecule has 0 saturated heterocycles. The maximum Gasteiger partial charge on any atom is 0.0193 e. The number of nitrogens with two attached hydrogens (primary N) is 1. The van der Waals surface area contributed by atoms with Crippen LogP contribution in [0.2, 0.25) is 0 Å². The SMILES string of the molecule is CCn1cccc1CC(N)CC(C)C. The number of hydrogen-bond acceptors (Lipinski definition) is 1. The zero-order valence-electron chi connectivity index (χ0n) is 9.53. The zero-order chi connectivity index (χ0) is 10.6. The predicted molar refractivity (Wildman–Crippen MR) is 61.2 cm³/mol. The highest BCUT2D eigenvalue weighted by molar-refractivity contribution is 5.08. The van der Waals surface area contributed by atoms with Crippen molar-refractivity contribution in [2.75, 3.05) is 0 Å². The average Bonchev–Trinajstić information content (AvgIpc) is 2.50. The quantitative estimate of drug-likeness (QED) is 0.766. The summed E-state index contributed by atoms with van der Waals surface area (Å²) in [6.45, 7) is 7.64. The molecule has 0 aliphatic carbocycles. The molecule has 0 spiro atoms. The van der Waals surface area contributed by atoms with Crippen LogP contribution in [0.15, 0.2) is 18.3 Å². The van der Waals surface area contributed by atoms with Crippen LogP contribution in [-0.2, 0) is 13.0 Å². The molecule has 0 aliphatic rings. The Morgan fingerprint density at radius 1 is 1.43 bits per heavy atom. The first-order valence-corrected chi connectivity index (χ1v) is 5.53. The summed E-state index contributed by atoms with van der Waals surface area (Å²) < 4.78 is 2.26. The fourth-order valence-corrected chi connectivity index (χ4v) is 1.90. The lowest BCUT2D eigenvalue weighted by Gasteiger charge is -2.15. The van der Waals surface area contributed by atoms with Gasteiger partial charge in [0, 0.05) is 30.9 Å². The highest BCUT2D eigenvalue weighted by Gasteiger charge is 2.08. The van der Waals surface area contributed by atoms with E-state index < -0.39 is 0 Å². The summed E-state index contributed by atoms with van der Waals surface area (Å²) in [6.07, 6.45) is 4.23. The second-order valence-electron chi connectivity index (χ2n) is 4.38. The normalized spacial score (nSPS) is 13.5. The molecule has 1 atom stereocenters. The van der Waals surface area contributed by atoms with Crippen molar-refractivity contribution in [3.63, 3.8) is 0 Å². The van der Waals surface area contributed by atoms with E-state index in [1.165, 1.54) is 5.69 Å². The fourth-order valence-electron chi connectivity index (χ4n) is 1.90. The Morgan fingerprint density at radius 3 is 2.71 bits per heavy atom. The third kappa shape index (κ3) is 3.18. The highest BCUT2D eigenvalue weighted by atomic mass is 15.0. The molecule has 1 unspecified atom stereocenters. The van der Waals surface area contributed by atoms with Crippen molar-refractivity contribution in [1.82, 2.24) is 4.57 Å². The molecular weight excluding hydrogens is 172 g/mol. The number of nitrogens with zero attached hydrogens (tertiary/aromatic N) is 1. The summed E-state index contributed by atoms with van der Waals surface area (Å²) in [5.41, 5.74) is 7.44. The van der Waals surface area contributed by atoms with E-state index in [0.717, 1.165) is 19.4 Å². The van der Waals surface area contributed by atoms with Crippen molar-refractivity contribution in [1.29, 1.82) is 0 Å². The molecule has 14 heavy (non-hydrogen) atoms. The van der Waals surface area contributed by atoms with Crippen molar-refractivity contribution in [3.8, 4) is 0 Å². The van der Waals surface area contributed by atoms with Gasteiger partial charge in [0.25, 0.3) is 0 Å². The van der Waals surface area contributed by atoms with Gasteiger partial charge in [-0.3, -0.25) is 0 Å². The number of aryl methyl sites for hydroxylation is 1. The van der Waals surface area contributed by atoms with Gasteiger partial charge in [-0.05, 0) is 31.4 Å². The lowest BCUT2D eigenvalue weighted by atomic mass is 10.0. The molecule has 2 N–H and O–H groups in total. The Hall–Kier alpha value is -0.760. The van der Waals surface area contributed by atoms with Gasteiger partial charge in [0.05, 0.1) is 0 Å². The summed E-state index contributed by atoms with van der Waals surface area (Å²) >= 11 is 0. The smallest absolute Gasteiger partial charge is 0.0193 e. The molecule has 1 aromatic rings.